The van der Waals surface area contributed by atoms with E-state index in [-0.39, 0.29) is 23.4 Å². The number of rotatable bonds is 4. The van der Waals surface area contributed by atoms with E-state index < -0.39 is 5.82 Å². The van der Waals surface area contributed by atoms with Crippen LogP contribution in [0.1, 0.15) is 24.2 Å². The van der Waals surface area contributed by atoms with Crippen LogP contribution in [0.5, 0.6) is 0 Å². The molecule has 2 nitrogen and oxygen atoms in total. The van der Waals surface area contributed by atoms with Gasteiger partial charge in [-0.1, -0.05) is 13.8 Å². The zero-order valence-corrected chi connectivity index (χ0v) is 12.0. The first-order valence-electron chi connectivity index (χ1n) is 5.27. The van der Waals surface area contributed by atoms with Crippen LogP contribution in [-0.2, 0) is 0 Å². The lowest BCUT2D eigenvalue weighted by Gasteiger charge is -2.20. The Kier molecular flexibility index (Phi) is 5.40. The number of hydrogen-bond acceptors (Lipinski definition) is 1. The van der Waals surface area contributed by atoms with E-state index in [1.54, 1.807) is 0 Å². The van der Waals surface area contributed by atoms with Crippen molar-refractivity contribution in [3.8, 4) is 0 Å². The van der Waals surface area contributed by atoms with E-state index in [2.05, 4.69) is 21.2 Å². The van der Waals surface area contributed by atoms with E-state index in [1.165, 1.54) is 18.2 Å². The molecule has 1 N–H and O–H groups in total. The Bertz CT molecular complexity index is 411. The van der Waals surface area contributed by atoms with Gasteiger partial charge in [-0.15, -0.1) is 11.6 Å². The Morgan fingerprint density at radius 3 is 2.71 bits per heavy atom. The molecular weight excluding hydrogens is 308 g/mol. The Morgan fingerprint density at radius 1 is 1.53 bits per heavy atom. The van der Waals surface area contributed by atoms with Crippen LogP contribution >= 0.6 is 27.5 Å². The first-order valence-corrected chi connectivity index (χ1v) is 6.60. The second-order valence-corrected chi connectivity index (χ2v) is 5.27. The molecule has 0 fully saturated rings. The summed E-state index contributed by atoms with van der Waals surface area (Å²) in [5, 5.41) is 2.78. The summed E-state index contributed by atoms with van der Waals surface area (Å²) in [6, 6.07) is 3.88. The van der Waals surface area contributed by atoms with Gasteiger partial charge in [0.1, 0.15) is 5.82 Å². The predicted molar refractivity (Wildman–Crippen MR) is 70.9 cm³/mol. The number of nitrogens with one attached hydrogen (secondary N) is 1. The second-order valence-electron chi connectivity index (χ2n) is 4.10. The predicted octanol–water partition coefficient (Wildman–Crippen LogP) is 3.58. The summed E-state index contributed by atoms with van der Waals surface area (Å²) in [7, 11) is 0. The highest BCUT2D eigenvalue weighted by atomic mass is 79.9. The third kappa shape index (κ3) is 3.96. The molecule has 0 saturated heterocycles. The van der Waals surface area contributed by atoms with Gasteiger partial charge < -0.3 is 5.32 Å². The minimum Gasteiger partial charge on any atom is -0.348 e. The molecule has 1 aromatic carbocycles. The topological polar surface area (TPSA) is 29.1 Å². The number of amides is 1. The van der Waals surface area contributed by atoms with Crippen LogP contribution in [0.15, 0.2) is 22.7 Å². The van der Waals surface area contributed by atoms with Crippen LogP contribution in [0, 0.1) is 11.7 Å². The van der Waals surface area contributed by atoms with E-state index >= 15 is 0 Å². The summed E-state index contributed by atoms with van der Waals surface area (Å²) < 4.78 is 13.6. The van der Waals surface area contributed by atoms with Gasteiger partial charge >= 0.3 is 0 Å². The highest BCUT2D eigenvalue weighted by Gasteiger charge is 2.18. The van der Waals surface area contributed by atoms with Gasteiger partial charge in [-0.25, -0.2) is 4.39 Å². The Labute approximate surface area is 114 Å². The monoisotopic (exact) mass is 321 g/mol. The molecule has 0 heterocycles. The van der Waals surface area contributed by atoms with Crippen molar-refractivity contribution in [1.82, 2.24) is 5.32 Å². The van der Waals surface area contributed by atoms with Crippen LogP contribution < -0.4 is 5.32 Å². The molecule has 1 rings (SSSR count). The van der Waals surface area contributed by atoms with Crippen molar-refractivity contribution < 1.29 is 9.18 Å². The number of carbonyl (C=O) groups is 1. The maximum absolute atomic E-state index is 13.1. The third-order valence-electron chi connectivity index (χ3n) is 2.46. The van der Waals surface area contributed by atoms with Crippen LogP contribution in [0.4, 0.5) is 4.39 Å². The zero-order valence-electron chi connectivity index (χ0n) is 9.64. The van der Waals surface area contributed by atoms with Gasteiger partial charge in [0.05, 0.1) is 5.56 Å². The van der Waals surface area contributed by atoms with Crippen molar-refractivity contribution >= 4 is 33.4 Å². The van der Waals surface area contributed by atoms with E-state index in [4.69, 9.17) is 11.6 Å². The van der Waals surface area contributed by atoms with Crippen LogP contribution in [0.25, 0.3) is 0 Å². The standard InChI is InChI=1S/C12H14BrClFNO/c1-7(2)11(6-14)16-12(17)9-5-8(15)3-4-10(9)13/h3-5,7,11H,6H2,1-2H3,(H,16,17). The smallest absolute Gasteiger partial charge is 0.252 e. The Hall–Kier alpha value is -0.610. The third-order valence-corrected chi connectivity index (χ3v) is 3.48. The summed E-state index contributed by atoms with van der Waals surface area (Å²) in [4.78, 5) is 11.9. The first-order chi connectivity index (χ1) is 7.95. The molecule has 1 unspecified atom stereocenters. The fourth-order valence-electron chi connectivity index (χ4n) is 1.30. The summed E-state index contributed by atoms with van der Waals surface area (Å²) in [6.45, 7) is 3.93. The van der Waals surface area contributed by atoms with Crippen LogP contribution in [0.2, 0.25) is 0 Å². The lowest BCUT2D eigenvalue weighted by molar-refractivity contribution is 0.0930. The van der Waals surface area contributed by atoms with Crippen LogP contribution in [-0.4, -0.2) is 17.8 Å². The molecule has 1 aromatic rings. The van der Waals surface area contributed by atoms with E-state index in [9.17, 15) is 9.18 Å². The number of carbonyl (C=O) groups excluding carboxylic acids is 1. The summed E-state index contributed by atoms with van der Waals surface area (Å²) in [5.74, 6) is -0.207. The largest absolute Gasteiger partial charge is 0.348 e. The molecule has 0 bridgehead atoms. The lowest BCUT2D eigenvalue weighted by atomic mass is 10.1. The summed E-state index contributed by atoms with van der Waals surface area (Å²) in [5.41, 5.74) is 0.278. The molecule has 1 amide bonds. The van der Waals surface area contributed by atoms with Crippen LogP contribution in [0.3, 0.4) is 0 Å². The average Bonchev–Trinajstić information content (AvgIpc) is 2.28. The molecule has 0 aliphatic rings. The first kappa shape index (κ1) is 14.5. The molecule has 0 radical (unpaired) electrons. The van der Waals surface area contributed by atoms with E-state index in [0.717, 1.165) is 0 Å². The zero-order chi connectivity index (χ0) is 13.0. The highest BCUT2D eigenvalue weighted by molar-refractivity contribution is 9.10. The molecule has 0 saturated carbocycles. The molecule has 94 valence electrons. The number of alkyl halides is 1. The van der Waals surface area contributed by atoms with Gasteiger partial charge in [0.25, 0.3) is 5.91 Å². The fraction of sp³-hybridized carbons (Fsp3) is 0.417. The number of benzene rings is 1. The number of hydrogen-bond donors (Lipinski definition) is 1. The Morgan fingerprint density at radius 2 is 2.18 bits per heavy atom. The molecule has 0 aromatic heterocycles. The molecular formula is C12H14BrClFNO. The highest BCUT2D eigenvalue weighted by Crippen LogP contribution is 2.18. The lowest BCUT2D eigenvalue weighted by Crippen LogP contribution is -2.40. The average molecular weight is 323 g/mol. The summed E-state index contributed by atoms with van der Waals surface area (Å²) in [6.07, 6.45) is 0. The van der Waals surface area contributed by atoms with Crippen molar-refractivity contribution in [3.05, 3.63) is 34.1 Å². The maximum Gasteiger partial charge on any atom is 0.252 e. The van der Waals surface area contributed by atoms with E-state index in [0.29, 0.717) is 10.4 Å². The molecule has 17 heavy (non-hydrogen) atoms. The fourth-order valence-corrected chi connectivity index (χ4v) is 2.16. The normalized spacial score (nSPS) is 12.6. The van der Waals surface area contributed by atoms with Gasteiger partial charge in [0, 0.05) is 16.4 Å². The van der Waals surface area contributed by atoms with E-state index in [1.807, 2.05) is 13.8 Å². The SMILES string of the molecule is CC(C)C(CCl)NC(=O)c1cc(F)ccc1Br. The van der Waals surface area contributed by atoms with Gasteiger partial charge in [-0.2, -0.15) is 0 Å². The molecule has 0 aliphatic carbocycles. The van der Waals surface area contributed by atoms with Crippen molar-refractivity contribution in [2.75, 3.05) is 5.88 Å². The minimum absolute atomic E-state index is 0.126. The maximum atomic E-state index is 13.1. The van der Waals surface area contributed by atoms with Crippen molar-refractivity contribution in [1.29, 1.82) is 0 Å². The molecule has 5 heteroatoms. The molecule has 1 atom stereocenters. The van der Waals surface area contributed by atoms with Crippen molar-refractivity contribution in [2.45, 2.75) is 19.9 Å². The quantitative estimate of drug-likeness (QED) is 0.844. The molecule has 0 spiro atoms. The van der Waals surface area contributed by atoms with Gasteiger partial charge in [-0.05, 0) is 40.0 Å². The van der Waals surface area contributed by atoms with Gasteiger partial charge in [0.2, 0.25) is 0 Å². The Balaban J connectivity index is 2.86. The number of halogens is 3. The van der Waals surface area contributed by atoms with Gasteiger partial charge in [-0.3, -0.25) is 4.79 Å². The molecule has 0 aliphatic heterocycles. The minimum atomic E-state index is -0.440. The summed E-state index contributed by atoms with van der Waals surface area (Å²) >= 11 is 8.98. The van der Waals surface area contributed by atoms with Crippen molar-refractivity contribution in [3.63, 3.8) is 0 Å². The van der Waals surface area contributed by atoms with Gasteiger partial charge in [0.15, 0.2) is 0 Å². The second kappa shape index (κ2) is 6.36. The van der Waals surface area contributed by atoms with Crippen molar-refractivity contribution in [2.24, 2.45) is 5.92 Å².